The number of ether oxygens (including phenoxy) is 1. The Morgan fingerprint density at radius 1 is 1.50 bits per heavy atom. The van der Waals surface area contributed by atoms with E-state index in [0.29, 0.717) is 0 Å². The van der Waals surface area contributed by atoms with Crippen LogP contribution in [0.4, 0.5) is 0 Å². The van der Waals surface area contributed by atoms with Crippen molar-refractivity contribution in [2.75, 3.05) is 14.2 Å². The number of carbonyl (C=O) groups is 3. The third-order valence-corrected chi connectivity index (χ3v) is 2.00. The van der Waals surface area contributed by atoms with Crippen LogP contribution < -0.4 is 0 Å². The molecule has 1 saturated heterocycles. The highest BCUT2D eigenvalue weighted by Gasteiger charge is 2.44. The zero-order chi connectivity index (χ0) is 10.9. The minimum absolute atomic E-state index is 0.569. The molecule has 0 aromatic rings. The maximum absolute atomic E-state index is 11.4. The van der Waals surface area contributed by atoms with E-state index in [2.05, 4.69) is 4.74 Å². The Balaban J connectivity index is 2.93. The van der Waals surface area contributed by atoms with Crippen molar-refractivity contribution in [3.05, 3.63) is 0 Å². The van der Waals surface area contributed by atoms with Gasteiger partial charge in [-0.2, -0.15) is 0 Å². The summed E-state index contributed by atoms with van der Waals surface area (Å²) in [6.07, 6.45) is -0.804. The first kappa shape index (κ1) is 10.6. The second kappa shape index (κ2) is 3.75. The molecule has 0 radical (unpaired) electrons. The minimum Gasteiger partial charge on any atom is -0.468 e. The van der Waals surface area contributed by atoms with Crippen molar-refractivity contribution in [2.24, 2.45) is 5.92 Å². The summed E-state index contributed by atoms with van der Waals surface area (Å²) in [5, 5.41) is 0.883. The first-order valence-electron chi connectivity index (χ1n) is 4.05. The molecular formula is C8H11NO5. The lowest BCUT2D eigenvalue weighted by Gasteiger charge is -2.29. The molecule has 1 fully saturated rings. The monoisotopic (exact) mass is 201 g/mol. The smallest absolute Gasteiger partial charge is 0.326 e. The van der Waals surface area contributed by atoms with Crippen molar-refractivity contribution in [3.8, 4) is 0 Å². The summed E-state index contributed by atoms with van der Waals surface area (Å²) in [5.41, 5.74) is 0. The Labute approximate surface area is 80.7 Å². The van der Waals surface area contributed by atoms with Crippen LogP contribution in [0.5, 0.6) is 0 Å². The number of hydrogen-bond donors (Lipinski definition) is 0. The third kappa shape index (κ3) is 1.60. The van der Waals surface area contributed by atoms with E-state index in [4.69, 9.17) is 4.84 Å². The van der Waals surface area contributed by atoms with Crippen molar-refractivity contribution in [1.29, 1.82) is 0 Å². The Hall–Kier alpha value is -1.43. The summed E-state index contributed by atoms with van der Waals surface area (Å²) >= 11 is 0. The van der Waals surface area contributed by atoms with Gasteiger partial charge in [0.25, 0.3) is 5.91 Å². The predicted octanol–water partition coefficient (Wildman–Crippen LogP) is -0.863. The highest BCUT2D eigenvalue weighted by molar-refractivity contribution is 6.18. The van der Waals surface area contributed by atoms with Gasteiger partial charge < -0.3 is 4.74 Å². The summed E-state index contributed by atoms with van der Waals surface area (Å²) in [6, 6.07) is 0. The molecule has 0 N–H and O–H groups in total. The second-order valence-corrected chi connectivity index (χ2v) is 2.94. The standard InChI is InChI=1S/C8H11NO5/c1-4-6(10)5(8(12)13-3)7(11)9(2)14-4/h4-5H,1-3H3. The number of esters is 1. The highest BCUT2D eigenvalue weighted by Crippen LogP contribution is 2.17. The van der Waals surface area contributed by atoms with Gasteiger partial charge >= 0.3 is 5.97 Å². The fraction of sp³-hybridized carbons (Fsp3) is 0.625. The number of rotatable bonds is 1. The fourth-order valence-corrected chi connectivity index (χ4v) is 1.21. The SMILES string of the molecule is COC(=O)C1C(=O)C(C)ON(C)C1=O. The molecule has 2 unspecified atom stereocenters. The van der Waals surface area contributed by atoms with Gasteiger partial charge in [-0.3, -0.25) is 19.2 Å². The maximum Gasteiger partial charge on any atom is 0.326 e. The van der Waals surface area contributed by atoms with Crippen LogP contribution >= 0.6 is 0 Å². The van der Waals surface area contributed by atoms with Crippen LogP contribution in [0.2, 0.25) is 0 Å². The molecule has 1 rings (SSSR count). The Kier molecular flexibility index (Phi) is 2.85. The summed E-state index contributed by atoms with van der Waals surface area (Å²) in [6.45, 7) is 1.47. The van der Waals surface area contributed by atoms with E-state index in [0.717, 1.165) is 12.2 Å². The van der Waals surface area contributed by atoms with Gasteiger partial charge in [0.15, 0.2) is 11.7 Å². The molecule has 1 aliphatic heterocycles. The Bertz CT molecular complexity index is 267. The largest absolute Gasteiger partial charge is 0.468 e. The molecule has 1 aliphatic rings. The topological polar surface area (TPSA) is 72.9 Å². The lowest BCUT2D eigenvalue weighted by Crippen LogP contribution is -2.52. The zero-order valence-corrected chi connectivity index (χ0v) is 8.14. The van der Waals surface area contributed by atoms with E-state index >= 15 is 0 Å². The normalized spacial score (nSPS) is 27.8. The maximum atomic E-state index is 11.4. The number of hydroxylamine groups is 2. The number of nitrogens with zero attached hydrogens (tertiary/aromatic N) is 1. The number of Topliss-reactive ketones (excluding diaryl/α,β-unsaturated/α-hetero) is 1. The van der Waals surface area contributed by atoms with Crippen LogP contribution in [0.25, 0.3) is 0 Å². The van der Waals surface area contributed by atoms with Crippen LogP contribution in [-0.4, -0.2) is 43.0 Å². The van der Waals surface area contributed by atoms with Crippen molar-refractivity contribution in [1.82, 2.24) is 5.06 Å². The average Bonchev–Trinajstić information content (AvgIpc) is 2.15. The van der Waals surface area contributed by atoms with Gasteiger partial charge in [-0.05, 0) is 6.92 Å². The Morgan fingerprint density at radius 2 is 2.07 bits per heavy atom. The number of hydrogen-bond acceptors (Lipinski definition) is 5. The predicted molar refractivity (Wildman–Crippen MR) is 43.8 cm³/mol. The van der Waals surface area contributed by atoms with Gasteiger partial charge in [-0.25, -0.2) is 5.06 Å². The number of methoxy groups -OCH3 is 1. The molecule has 6 nitrogen and oxygen atoms in total. The van der Waals surface area contributed by atoms with Crippen molar-refractivity contribution in [3.63, 3.8) is 0 Å². The van der Waals surface area contributed by atoms with E-state index in [9.17, 15) is 14.4 Å². The fourth-order valence-electron chi connectivity index (χ4n) is 1.21. The molecule has 2 atom stereocenters. The summed E-state index contributed by atoms with van der Waals surface area (Å²) in [7, 11) is 2.48. The molecule has 0 aromatic heterocycles. The molecule has 0 saturated carbocycles. The van der Waals surface area contributed by atoms with E-state index in [1.54, 1.807) is 0 Å². The number of ketones is 1. The highest BCUT2D eigenvalue weighted by atomic mass is 16.7. The van der Waals surface area contributed by atoms with Gasteiger partial charge in [0, 0.05) is 7.05 Å². The summed E-state index contributed by atoms with van der Waals surface area (Å²) in [4.78, 5) is 38.8. The molecular weight excluding hydrogens is 190 g/mol. The van der Waals surface area contributed by atoms with E-state index in [1.165, 1.54) is 14.0 Å². The lowest BCUT2D eigenvalue weighted by atomic mass is 9.98. The summed E-state index contributed by atoms with van der Waals surface area (Å²) in [5.74, 6) is -3.49. The Morgan fingerprint density at radius 3 is 2.57 bits per heavy atom. The molecule has 78 valence electrons. The zero-order valence-electron chi connectivity index (χ0n) is 8.14. The molecule has 6 heteroatoms. The van der Waals surface area contributed by atoms with Crippen LogP contribution in [0.15, 0.2) is 0 Å². The second-order valence-electron chi connectivity index (χ2n) is 2.94. The molecule has 0 spiro atoms. The van der Waals surface area contributed by atoms with Crippen molar-refractivity contribution >= 4 is 17.7 Å². The number of carbonyl (C=O) groups excluding carboxylic acids is 3. The van der Waals surface area contributed by atoms with Gasteiger partial charge in [-0.1, -0.05) is 0 Å². The van der Waals surface area contributed by atoms with Crippen LogP contribution in [0.3, 0.4) is 0 Å². The molecule has 1 amide bonds. The lowest BCUT2D eigenvalue weighted by molar-refractivity contribution is -0.215. The van der Waals surface area contributed by atoms with Gasteiger partial charge in [0.1, 0.15) is 6.10 Å². The minimum atomic E-state index is -1.38. The van der Waals surface area contributed by atoms with E-state index < -0.39 is 29.7 Å². The average molecular weight is 201 g/mol. The quantitative estimate of drug-likeness (QED) is 0.407. The summed E-state index contributed by atoms with van der Waals surface area (Å²) < 4.78 is 4.36. The molecule has 0 aromatic carbocycles. The van der Waals surface area contributed by atoms with Crippen LogP contribution in [0, 0.1) is 5.92 Å². The third-order valence-electron chi connectivity index (χ3n) is 2.00. The van der Waals surface area contributed by atoms with Gasteiger partial charge in [0.2, 0.25) is 0 Å². The van der Waals surface area contributed by atoms with Crippen molar-refractivity contribution in [2.45, 2.75) is 13.0 Å². The van der Waals surface area contributed by atoms with E-state index in [1.807, 2.05) is 0 Å². The first-order chi connectivity index (χ1) is 6.49. The van der Waals surface area contributed by atoms with Gasteiger partial charge in [-0.15, -0.1) is 0 Å². The molecule has 0 bridgehead atoms. The number of amides is 1. The van der Waals surface area contributed by atoms with E-state index in [-0.39, 0.29) is 0 Å². The first-order valence-corrected chi connectivity index (χ1v) is 4.05. The van der Waals surface area contributed by atoms with Crippen LogP contribution in [-0.2, 0) is 24.0 Å². The van der Waals surface area contributed by atoms with Crippen molar-refractivity contribution < 1.29 is 24.0 Å². The van der Waals surface area contributed by atoms with Gasteiger partial charge in [0.05, 0.1) is 7.11 Å². The van der Waals surface area contributed by atoms with Crippen LogP contribution in [0.1, 0.15) is 6.92 Å². The molecule has 0 aliphatic carbocycles. The molecule has 1 heterocycles. The molecule has 14 heavy (non-hydrogen) atoms.